The minimum Gasteiger partial charge on any atom is -0.315 e. The minimum absolute atomic E-state index is 0.766. The molecule has 1 atom stereocenters. The van der Waals surface area contributed by atoms with E-state index in [0.29, 0.717) is 0 Å². The maximum Gasteiger partial charge on any atom is 0.0204 e. The maximum atomic E-state index is 3.78. The van der Waals surface area contributed by atoms with Gasteiger partial charge < -0.3 is 10.6 Å². The zero-order valence-corrected chi connectivity index (χ0v) is 11.5. The van der Waals surface area contributed by atoms with Crippen LogP contribution in [-0.2, 0) is 0 Å². The lowest BCUT2D eigenvalue weighted by Gasteiger charge is -2.54. The largest absolute Gasteiger partial charge is 0.315 e. The third-order valence-corrected chi connectivity index (χ3v) is 6.39. The molecule has 2 heteroatoms. The molecule has 2 N–H and O–H groups in total. The van der Waals surface area contributed by atoms with Crippen molar-refractivity contribution in [3.8, 4) is 0 Å². The van der Waals surface area contributed by atoms with Gasteiger partial charge in [-0.1, -0.05) is 0 Å². The van der Waals surface area contributed by atoms with Crippen LogP contribution < -0.4 is 10.6 Å². The highest BCUT2D eigenvalue weighted by Crippen LogP contribution is 2.57. The van der Waals surface area contributed by atoms with Gasteiger partial charge in [0.15, 0.2) is 0 Å². The van der Waals surface area contributed by atoms with Gasteiger partial charge in [-0.2, -0.15) is 0 Å². The van der Waals surface area contributed by atoms with E-state index in [2.05, 4.69) is 10.6 Å². The monoisotopic (exact) mass is 248 g/mol. The van der Waals surface area contributed by atoms with Gasteiger partial charge in [-0.05, 0) is 87.6 Å². The van der Waals surface area contributed by atoms with Crippen LogP contribution in [0.2, 0.25) is 0 Å². The second-order valence-electron chi connectivity index (χ2n) is 7.53. The summed E-state index contributed by atoms with van der Waals surface area (Å²) in [5.41, 5.74) is 0. The summed E-state index contributed by atoms with van der Waals surface area (Å²) in [5.74, 6) is 5.58. The lowest BCUT2D eigenvalue weighted by Crippen LogP contribution is -2.46. The first kappa shape index (κ1) is 11.7. The summed E-state index contributed by atoms with van der Waals surface area (Å²) in [6.07, 6.45) is 10.7. The summed E-state index contributed by atoms with van der Waals surface area (Å²) < 4.78 is 0. The second-order valence-corrected chi connectivity index (χ2v) is 7.53. The van der Waals surface area contributed by atoms with Gasteiger partial charge >= 0.3 is 0 Å². The summed E-state index contributed by atoms with van der Waals surface area (Å²) in [5, 5.41) is 7.23. The fourth-order valence-electron chi connectivity index (χ4n) is 5.79. The molecule has 0 aromatic heterocycles. The van der Waals surface area contributed by atoms with Crippen LogP contribution in [0.4, 0.5) is 0 Å². The highest BCUT2D eigenvalue weighted by atomic mass is 15.0. The highest BCUT2D eigenvalue weighted by Gasteiger charge is 2.47. The van der Waals surface area contributed by atoms with Crippen molar-refractivity contribution in [2.45, 2.75) is 51.0 Å². The molecule has 18 heavy (non-hydrogen) atoms. The Morgan fingerprint density at radius 3 is 2.28 bits per heavy atom. The van der Waals surface area contributed by atoms with Crippen LogP contribution in [0.15, 0.2) is 0 Å². The topological polar surface area (TPSA) is 24.1 Å². The fourth-order valence-corrected chi connectivity index (χ4v) is 5.79. The van der Waals surface area contributed by atoms with Crippen molar-refractivity contribution in [1.82, 2.24) is 10.6 Å². The van der Waals surface area contributed by atoms with E-state index < -0.39 is 0 Å². The molecule has 0 aromatic carbocycles. The molecule has 0 radical (unpaired) electrons. The molecule has 4 saturated carbocycles. The van der Waals surface area contributed by atoms with Gasteiger partial charge in [0.05, 0.1) is 0 Å². The average Bonchev–Trinajstić information content (AvgIpc) is 2.85. The first-order valence-electron chi connectivity index (χ1n) is 8.32. The Morgan fingerprint density at radius 2 is 1.67 bits per heavy atom. The van der Waals surface area contributed by atoms with E-state index >= 15 is 0 Å². The Morgan fingerprint density at radius 1 is 0.944 bits per heavy atom. The van der Waals surface area contributed by atoms with Crippen molar-refractivity contribution < 1.29 is 0 Å². The predicted octanol–water partition coefficient (Wildman–Crippen LogP) is 2.40. The van der Waals surface area contributed by atoms with Crippen molar-refractivity contribution in [2.24, 2.45) is 29.6 Å². The average molecular weight is 248 g/mol. The number of hydrogen-bond acceptors (Lipinski definition) is 2. The van der Waals surface area contributed by atoms with Gasteiger partial charge in [-0.15, -0.1) is 0 Å². The van der Waals surface area contributed by atoms with Crippen molar-refractivity contribution in [1.29, 1.82) is 0 Å². The van der Waals surface area contributed by atoms with Gasteiger partial charge in [-0.3, -0.25) is 0 Å². The number of nitrogens with one attached hydrogen (secondary N) is 2. The van der Waals surface area contributed by atoms with E-state index in [0.717, 1.165) is 35.6 Å². The lowest BCUT2D eigenvalue weighted by atomic mass is 9.51. The molecule has 4 aliphatic carbocycles. The van der Waals surface area contributed by atoms with Crippen LogP contribution in [0.3, 0.4) is 0 Å². The maximum absolute atomic E-state index is 3.78. The molecule has 2 nitrogen and oxygen atoms in total. The van der Waals surface area contributed by atoms with E-state index in [1.54, 1.807) is 32.1 Å². The first-order valence-corrected chi connectivity index (χ1v) is 8.32. The zero-order valence-electron chi connectivity index (χ0n) is 11.5. The lowest BCUT2D eigenvalue weighted by molar-refractivity contribution is -0.0394. The Labute approximate surface area is 111 Å². The SMILES string of the molecule is C1CC(NCCC2C3CC4CC(C3)CC2C4)CN1. The Kier molecular flexibility index (Phi) is 3.12. The summed E-state index contributed by atoms with van der Waals surface area (Å²) >= 11 is 0. The minimum atomic E-state index is 0.766. The predicted molar refractivity (Wildman–Crippen MR) is 74.4 cm³/mol. The molecule has 5 rings (SSSR count). The van der Waals surface area contributed by atoms with Crippen molar-refractivity contribution >= 4 is 0 Å². The Bertz CT molecular complexity index is 267. The molecule has 0 spiro atoms. The number of rotatable bonds is 4. The quantitative estimate of drug-likeness (QED) is 0.798. The van der Waals surface area contributed by atoms with Crippen LogP contribution in [0, 0.1) is 29.6 Å². The molecule has 5 aliphatic rings. The van der Waals surface area contributed by atoms with Gasteiger partial charge in [-0.25, -0.2) is 0 Å². The van der Waals surface area contributed by atoms with E-state index in [1.807, 2.05) is 0 Å². The van der Waals surface area contributed by atoms with Gasteiger partial charge in [0.1, 0.15) is 0 Å². The zero-order chi connectivity index (χ0) is 11.9. The standard InChI is InChI=1S/C16H28N2/c1-3-17-10-15(1)18-4-2-16-13-6-11-5-12(8-13)9-14(16)7-11/h11-18H,1-10H2. The normalized spacial score (nSPS) is 50.0. The Hall–Kier alpha value is -0.0800. The van der Waals surface area contributed by atoms with Crippen LogP contribution >= 0.6 is 0 Å². The van der Waals surface area contributed by atoms with Crippen LogP contribution in [0.5, 0.6) is 0 Å². The third-order valence-electron chi connectivity index (χ3n) is 6.39. The highest BCUT2D eigenvalue weighted by molar-refractivity contribution is 4.98. The smallest absolute Gasteiger partial charge is 0.0204 e. The first-order chi connectivity index (χ1) is 8.88. The molecule has 1 aliphatic heterocycles. The van der Waals surface area contributed by atoms with Crippen molar-refractivity contribution in [3.63, 3.8) is 0 Å². The summed E-state index contributed by atoms with van der Waals surface area (Å²) in [6, 6.07) is 0.766. The molecular weight excluding hydrogens is 220 g/mol. The van der Waals surface area contributed by atoms with Crippen molar-refractivity contribution in [3.05, 3.63) is 0 Å². The van der Waals surface area contributed by atoms with Crippen molar-refractivity contribution in [2.75, 3.05) is 19.6 Å². The summed E-state index contributed by atoms with van der Waals surface area (Å²) in [4.78, 5) is 0. The molecule has 4 bridgehead atoms. The van der Waals surface area contributed by atoms with Crippen LogP contribution in [0.1, 0.15) is 44.9 Å². The molecule has 0 aromatic rings. The molecule has 1 saturated heterocycles. The van der Waals surface area contributed by atoms with E-state index in [1.165, 1.54) is 32.5 Å². The fraction of sp³-hybridized carbons (Fsp3) is 1.00. The molecule has 1 heterocycles. The molecule has 102 valence electrons. The molecular formula is C16H28N2. The van der Waals surface area contributed by atoms with Gasteiger partial charge in [0.25, 0.3) is 0 Å². The van der Waals surface area contributed by atoms with E-state index in [9.17, 15) is 0 Å². The third kappa shape index (κ3) is 2.12. The summed E-state index contributed by atoms with van der Waals surface area (Å²) in [6.45, 7) is 3.69. The van der Waals surface area contributed by atoms with E-state index in [-0.39, 0.29) is 0 Å². The Balaban J connectivity index is 1.29. The van der Waals surface area contributed by atoms with Crippen LogP contribution in [-0.4, -0.2) is 25.7 Å². The number of hydrogen-bond donors (Lipinski definition) is 2. The van der Waals surface area contributed by atoms with E-state index in [4.69, 9.17) is 0 Å². The molecule has 0 amide bonds. The van der Waals surface area contributed by atoms with Gasteiger partial charge in [0, 0.05) is 12.6 Å². The molecule has 1 unspecified atom stereocenters. The molecule has 5 fully saturated rings. The van der Waals surface area contributed by atoms with Crippen LogP contribution in [0.25, 0.3) is 0 Å². The van der Waals surface area contributed by atoms with Gasteiger partial charge in [0.2, 0.25) is 0 Å². The summed E-state index contributed by atoms with van der Waals surface area (Å²) in [7, 11) is 0. The second kappa shape index (κ2) is 4.79.